The molecule has 9 heteroatoms. The highest BCUT2D eigenvalue weighted by Crippen LogP contribution is 2.77. The number of carbonyl (C=O) groups excluding carboxylic acids is 2. The van der Waals surface area contributed by atoms with Gasteiger partial charge in [0, 0.05) is 28.7 Å². The molecule has 0 saturated heterocycles. The normalized spacial score (nSPS) is 35.9. The molecule has 1 N–H and O–H groups in total. The predicted octanol–water partition coefficient (Wildman–Crippen LogP) is 10.2. The molecule has 8 nitrogen and oxygen atoms in total. The number of halogens is 1. The van der Waals surface area contributed by atoms with E-state index in [2.05, 4.69) is 58.7 Å². The van der Waals surface area contributed by atoms with Crippen LogP contribution in [-0.2, 0) is 32.0 Å². The molecule has 0 bridgehead atoms. The van der Waals surface area contributed by atoms with Crippen molar-refractivity contribution >= 4 is 29.3 Å². The van der Waals surface area contributed by atoms with Crippen LogP contribution >= 0.6 is 11.6 Å². The van der Waals surface area contributed by atoms with Crippen molar-refractivity contribution in [2.75, 3.05) is 0 Å². The average molecular weight is 761 g/mol. The Morgan fingerprint density at radius 2 is 1.61 bits per heavy atom. The van der Waals surface area contributed by atoms with Crippen LogP contribution in [0.15, 0.2) is 39.8 Å². The zero-order chi connectivity index (χ0) is 39.2. The van der Waals surface area contributed by atoms with Gasteiger partial charge in [0.05, 0.1) is 18.3 Å². The number of carboxylic acids is 1. The van der Waals surface area contributed by atoms with E-state index in [9.17, 15) is 19.5 Å². The van der Waals surface area contributed by atoms with Gasteiger partial charge < -0.3 is 14.3 Å². The van der Waals surface area contributed by atoms with Gasteiger partial charge in [-0.25, -0.2) is 0 Å². The van der Waals surface area contributed by atoms with Gasteiger partial charge in [-0.2, -0.15) is 0 Å². The van der Waals surface area contributed by atoms with Gasteiger partial charge in [-0.05, 0) is 128 Å². The number of rotatable bonds is 9. The molecular weight excluding hydrogens is 700 g/mol. The van der Waals surface area contributed by atoms with Gasteiger partial charge in [0.15, 0.2) is 5.78 Å². The highest BCUT2D eigenvalue weighted by Gasteiger charge is 2.70. The number of aromatic nitrogens is 2. The third kappa shape index (κ3) is 6.10. The Morgan fingerprint density at radius 1 is 0.926 bits per heavy atom. The van der Waals surface area contributed by atoms with Crippen LogP contribution in [0.1, 0.15) is 144 Å². The third-order valence-electron chi connectivity index (χ3n) is 16.2. The summed E-state index contributed by atoms with van der Waals surface area (Å²) in [5.41, 5.74) is 2.01. The Labute approximate surface area is 326 Å². The first-order valence-corrected chi connectivity index (χ1v) is 20.8. The summed E-state index contributed by atoms with van der Waals surface area (Å²) >= 11 is 6.11. The lowest BCUT2D eigenvalue weighted by molar-refractivity contribution is -0.233. The smallest absolute Gasteiger partial charge is 0.309 e. The maximum Gasteiger partial charge on any atom is 0.309 e. The van der Waals surface area contributed by atoms with Crippen LogP contribution in [0.3, 0.4) is 0 Å². The zero-order valence-corrected chi connectivity index (χ0v) is 34.7. The SMILES string of the molecule is CC(C)C1=C2[C@H]3CC[C@@H]4[C@@]5(C)CC[C@H](OC(=O)CC(C)(C)C(=O)O)C(C)(C)[C@@H]5CC[C@@]4(C)[C@]3(C)CC[C@@]2(Cc2nnc(Cc3ccc(Cl)cc3)o2)CC1=O. The number of benzene rings is 1. The van der Waals surface area contributed by atoms with Crippen molar-refractivity contribution in [3.05, 3.63) is 57.8 Å². The number of ketones is 1. The van der Waals surface area contributed by atoms with E-state index < -0.39 is 17.4 Å². The van der Waals surface area contributed by atoms with Crippen LogP contribution in [0, 0.1) is 56.2 Å². The van der Waals surface area contributed by atoms with Crippen LogP contribution in [0.4, 0.5) is 0 Å². The summed E-state index contributed by atoms with van der Waals surface area (Å²) in [6, 6.07) is 7.71. The molecule has 294 valence electrons. The quantitative estimate of drug-likeness (QED) is 0.251. The molecule has 1 aromatic carbocycles. The Balaban J connectivity index is 1.15. The van der Waals surface area contributed by atoms with Crippen LogP contribution in [-0.4, -0.2) is 39.1 Å². The van der Waals surface area contributed by atoms with Gasteiger partial charge in [0.1, 0.15) is 6.10 Å². The van der Waals surface area contributed by atoms with Crippen molar-refractivity contribution in [2.45, 2.75) is 145 Å². The van der Waals surface area contributed by atoms with Crippen LogP contribution in [0.5, 0.6) is 0 Å². The Morgan fingerprint density at radius 3 is 2.28 bits per heavy atom. The second kappa shape index (κ2) is 13.3. The van der Waals surface area contributed by atoms with Gasteiger partial charge in [0.25, 0.3) is 0 Å². The van der Waals surface area contributed by atoms with E-state index in [1.165, 1.54) is 5.57 Å². The number of fused-ring (bicyclic) bond motifs is 7. The van der Waals surface area contributed by atoms with Gasteiger partial charge in [-0.3, -0.25) is 14.4 Å². The minimum atomic E-state index is -1.16. The monoisotopic (exact) mass is 760 g/mol. The van der Waals surface area contributed by atoms with E-state index in [-0.39, 0.29) is 45.5 Å². The Kier molecular flexibility index (Phi) is 9.67. The molecule has 8 atom stereocenters. The molecular formula is C45H61ClN2O6. The fourth-order valence-electron chi connectivity index (χ4n) is 13.3. The minimum Gasteiger partial charge on any atom is -0.481 e. The first kappa shape index (κ1) is 39.2. The molecule has 0 unspecified atom stereocenters. The van der Waals surface area contributed by atoms with Gasteiger partial charge in [-0.1, -0.05) is 77.8 Å². The summed E-state index contributed by atoms with van der Waals surface area (Å²) in [7, 11) is 0. The maximum absolute atomic E-state index is 14.1. The molecule has 1 heterocycles. The second-order valence-electron chi connectivity index (χ2n) is 20.3. The van der Waals surface area contributed by atoms with Crippen molar-refractivity contribution in [2.24, 2.45) is 56.2 Å². The predicted molar refractivity (Wildman–Crippen MR) is 208 cm³/mol. The lowest BCUT2D eigenvalue weighted by Crippen LogP contribution is -2.65. The van der Waals surface area contributed by atoms with Crippen LogP contribution in [0.2, 0.25) is 5.02 Å². The minimum absolute atomic E-state index is 0.0257. The number of hydrogen-bond acceptors (Lipinski definition) is 7. The van der Waals surface area contributed by atoms with E-state index in [1.54, 1.807) is 13.8 Å². The molecule has 1 aromatic heterocycles. The number of allylic oxidation sites excluding steroid dienone is 2. The van der Waals surface area contributed by atoms with Crippen LogP contribution in [0.25, 0.3) is 0 Å². The third-order valence-corrected chi connectivity index (χ3v) is 16.5. The molecule has 0 amide bonds. The van der Waals surface area contributed by atoms with Crippen molar-refractivity contribution in [3.8, 4) is 0 Å². The van der Waals surface area contributed by atoms with Gasteiger partial charge >= 0.3 is 11.9 Å². The number of ether oxygens (including phenoxy) is 1. The van der Waals surface area contributed by atoms with E-state index in [0.717, 1.165) is 62.5 Å². The molecule has 54 heavy (non-hydrogen) atoms. The second-order valence-corrected chi connectivity index (χ2v) is 20.7. The van der Waals surface area contributed by atoms with Crippen LogP contribution < -0.4 is 0 Å². The zero-order valence-electron chi connectivity index (χ0n) is 33.9. The average Bonchev–Trinajstić information content (AvgIpc) is 3.63. The molecule has 4 fully saturated rings. The van der Waals surface area contributed by atoms with Crippen molar-refractivity contribution in [3.63, 3.8) is 0 Å². The first-order chi connectivity index (χ1) is 25.2. The number of nitrogens with zero attached hydrogens (tertiary/aromatic N) is 2. The molecule has 2 aromatic rings. The fourth-order valence-corrected chi connectivity index (χ4v) is 13.4. The summed E-state index contributed by atoms with van der Waals surface area (Å²) in [6.07, 6.45) is 9.40. The van der Waals surface area contributed by atoms with Gasteiger partial charge in [0.2, 0.25) is 11.8 Å². The summed E-state index contributed by atoms with van der Waals surface area (Å²) in [5.74, 6) is 1.45. The Hall–Kier alpha value is -3.00. The standard InChI is InChI=1S/C45H61ClN2O6/c1-26(2)37-30(49)23-45(24-35-48-47-34(54-35)22-27-10-12-28(46)13-11-27)21-20-43(8)29(38(37)45)14-15-32-42(7)18-17-33(53-36(50)25-40(3,4)39(51)52)41(5,6)31(42)16-19-44(32,43)9/h10-13,26,29,31-33H,14-25H2,1-9H3,(H,51,52)/t29-,31+,32-,33+,42+,43-,44-,45+/m1/s1. The number of hydrogen-bond donors (Lipinski definition) is 1. The van der Waals surface area contributed by atoms with Crippen molar-refractivity contribution < 1.29 is 28.6 Å². The van der Waals surface area contributed by atoms with Crippen molar-refractivity contribution in [1.82, 2.24) is 10.2 Å². The van der Waals surface area contributed by atoms with E-state index in [4.69, 9.17) is 20.8 Å². The number of Topliss-reactive ketones (excluding diaryl/α,β-unsaturated/α-hetero) is 1. The first-order valence-electron chi connectivity index (χ1n) is 20.4. The van der Waals surface area contributed by atoms with E-state index in [1.807, 2.05) is 24.3 Å². The number of carbonyl (C=O) groups is 3. The molecule has 0 radical (unpaired) electrons. The molecule has 5 aliphatic rings. The summed E-state index contributed by atoms with van der Waals surface area (Å²) in [6.45, 7) is 19.8. The van der Waals surface area contributed by atoms with Crippen molar-refractivity contribution in [1.29, 1.82) is 0 Å². The van der Waals surface area contributed by atoms with Gasteiger partial charge in [-0.15, -0.1) is 10.2 Å². The van der Waals surface area contributed by atoms with E-state index >= 15 is 0 Å². The number of carboxylic acid groups (broad SMARTS) is 1. The fraction of sp³-hybridized carbons (Fsp3) is 0.711. The summed E-state index contributed by atoms with van der Waals surface area (Å²) in [5, 5.41) is 19.3. The molecule has 0 spiro atoms. The lowest BCUT2D eigenvalue weighted by atomic mass is 9.33. The number of aliphatic carboxylic acids is 1. The lowest BCUT2D eigenvalue weighted by Gasteiger charge is -2.72. The van der Waals surface area contributed by atoms with E-state index in [0.29, 0.717) is 59.6 Å². The topological polar surface area (TPSA) is 120 Å². The molecule has 0 aliphatic heterocycles. The molecule has 7 rings (SSSR count). The molecule has 5 aliphatic carbocycles. The Bertz CT molecular complexity index is 1860. The summed E-state index contributed by atoms with van der Waals surface area (Å²) < 4.78 is 12.5. The largest absolute Gasteiger partial charge is 0.481 e. The highest BCUT2D eigenvalue weighted by molar-refractivity contribution is 6.30. The maximum atomic E-state index is 14.1. The summed E-state index contributed by atoms with van der Waals surface area (Å²) in [4.78, 5) is 39.0. The molecule has 4 saturated carbocycles. The number of esters is 1. The highest BCUT2D eigenvalue weighted by atomic mass is 35.5.